The molecule has 19 heavy (non-hydrogen) atoms. The highest BCUT2D eigenvalue weighted by molar-refractivity contribution is 5.43. The van der Waals surface area contributed by atoms with E-state index < -0.39 is 0 Å². The molecule has 0 aromatic carbocycles. The second kappa shape index (κ2) is 5.49. The van der Waals surface area contributed by atoms with Gasteiger partial charge in [0.05, 0.1) is 6.61 Å². The molecule has 2 fully saturated rings. The number of nitrogens with zero attached hydrogens (tertiary/aromatic N) is 2. The summed E-state index contributed by atoms with van der Waals surface area (Å²) in [6.45, 7) is 3.23. The van der Waals surface area contributed by atoms with Gasteiger partial charge in [-0.1, -0.05) is 18.9 Å². The molecule has 1 saturated carbocycles. The van der Waals surface area contributed by atoms with E-state index in [2.05, 4.69) is 11.0 Å². The maximum atomic E-state index is 9.25. The first kappa shape index (κ1) is 12.9. The van der Waals surface area contributed by atoms with E-state index in [1.807, 2.05) is 13.0 Å². The lowest BCUT2D eigenvalue weighted by Gasteiger charge is -2.45. The molecule has 0 radical (unpaired) electrons. The number of rotatable bonds is 2. The maximum Gasteiger partial charge on any atom is 0.129 e. The monoisotopic (exact) mass is 260 g/mol. The van der Waals surface area contributed by atoms with E-state index in [9.17, 15) is 5.11 Å². The van der Waals surface area contributed by atoms with Crippen molar-refractivity contribution in [3.63, 3.8) is 0 Å². The zero-order valence-corrected chi connectivity index (χ0v) is 11.8. The van der Waals surface area contributed by atoms with Crippen molar-refractivity contribution in [2.75, 3.05) is 11.4 Å². The van der Waals surface area contributed by atoms with E-state index in [0.717, 1.165) is 29.5 Å². The first-order chi connectivity index (χ1) is 9.29. The molecule has 1 aromatic rings. The molecular weight excluding hydrogens is 236 g/mol. The molecule has 3 rings (SSSR count). The van der Waals surface area contributed by atoms with Crippen LogP contribution in [-0.4, -0.2) is 22.7 Å². The highest BCUT2D eigenvalue weighted by atomic mass is 16.3. The van der Waals surface area contributed by atoms with Gasteiger partial charge in [-0.2, -0.15) is 0 Å². The summed E-state index contributed by atoms with van der Waals surface area (Å²) in [4.78, 5) is 7.25. The molecule has 0 bridgehead atoms. The zero-order valence-electron chi connectivity index (χ0n) is 11.8. The van der Waals surface area contributed by atoms with Gasteiger partial charge in [0.15, 0.2) is 0 Å². The zero-order chi connectivity index (χ0) is 13.2. The van der Waals surface area contributed by atoms with Crippen LogP contribution in [0.3, 0.4) is 0 Å². The standard InChI is InChI=1S/C16H24N2O/c1-12-14(11-19)8-9-16(17-12)18-10-4-6-13-5-2-3-7-15(13)18/h8-9,13,15,19H,2-7,10-11H2,1H3. The topological polar surface area (TPSA) is 36.4 Å². The van der Waals surface area contributed by atoms with Crippen LogP contribution in [0, 0.1) is 12.8 Å². The van der Waals surface area contributed by atoms with Gasteiger partial charge >= 0.3 is 0 Å². The van der Waals surface area contributed by atoms with Crippen LogP contribution in [0.15, 0.2) is 12.1 Å². The lowest BCUT2D eigenvalue weighted by atomic mass is 9.78. The van der Waals surface area contributed by atoms with Crippen molar-refractivity contribution >= 4 is 5.82 Å². The van der Waals surface area contributed by atoms with Crippen LogP contribution in [0.2, 0.25) is 0 Å². The van der Waals surface area contributed by atoms with E-state index in [0.29, 0.717) is 6.04 Å². The molecule has 1 saturated heterocycles. The van der Waals surface area contributed by atoms with Crippen molar-refractivity contribution in [2.24, 2.45) is 5.92 Å². The van der Waals surface area contributed by atoms with Crippen LogP contribution in [0.5, 0.6) is 0 Å². The average Bonchev–Trinajstić information content (AvgIpc) is 2.46. The summed E-state index contributed by atoms with van der Waals surface area (Å²) in [6.07, 6.45) is 8.19. The van der Waals surface area contributed by atoms with Crippen molar-refractivity contribution < 1.29 is 5.11 Å². The number of hydrogen-bond acceptors (Lipinski definition) is 3. The van der Waals surface area contributed by atoms with Crippen LogP contribution < -0.4 is 4.90 Å². The fourth-order valence-corrected chi connectivity index (χ4v) is 3.81. The van der Waals surface area contributed by atoms with Gasteiger partial charge in [0.1, 0.15) is 5.82 Å². The molecule has 2 atom stereocenters. The van der Waals surface area contributed by atoms with Gasteiger partial charge in [0, 0.05) is 18.3 Å². The molecule has 2 aliphatic rings. The van der Waals surface area contributed by atoms with Gasteiger partial charge in [-0.25, -0.2) is 4.98 Å². The number of piperidine rings is 1. The number of pyridine rings is 1. The predicted molar refractivity (Wildman–Crippen MR) is 77.2 cm³/mol. The Labute approximate surface area is 115 Å². The van der Waals surface area contributed by atoms with E-state index in [-0.39, 0.29) is 6.61 Å². The second-order valence-electron chi connectivity index (χ2n) is 6.02. The lowest BCUT2D eigenvalue weighted by molar-refractivity contribution is 0.242. The number of hydrogen-bond donors (Lipinski definition) is 1. The number of fused-ring (bicyclic) bond motifs is 1. The Morgan fingerprint density at radius 2 is 2.00 bits per heavy atom. The van der Waals surface area contributed by atoms with E-state index in [4.69, 9.17) is 4.98 Å². The van der Waals surface area contributed by atoms with E-state index >= 15 is 0 Å². The second-order valence-corrected chi connectivity index (χ2v) is 6.02. The van der Waals surface area contributed by atoms with Gasteiger partial charge in [-0.15, -0.1) is 0 Å². The Morgan fingerprint density at radius 3 is 2.79 bits per heavy atom. The Kier molecular flexibility index (Phi) is 3.74. The number of aromatic nitrogens is 1. The molecule has 104 valence electrons. The molecule has 1 aromatic heterocycles. The van der Waals surface area contributed by atoms with Gasteiger partial charge in [0.2, 0.25) is 0 Å². The largest absolute Gasteiger partial charge is 0.392 e. The number of aryl methyl sites for hydroxylation is 1. The van der Waals surface area contributed by atoms with Crippen LogP contribution >= 0.6 is 0 Å². The Balaban J connectivity index is 1.85. The Bertz CT molecular complexity index is 444. The minimum atomic E-state index is 0.0885. The number of aliphatic hydroxyl groups excluding tert-OH is 1. The van der Waals surface area contributed by atoms with Gasteiger partial charge < -0.3 is 10.0 Å². The fraction of sp³-hybridized carbons (Fsp3) is 0.688. The predicted octanol–water partition coefficient (Wildman–Crippen LogP) is 3.04. The van der Waals surface area contributed by atoms with Crippen molar-refractivity contribution in [1.82, 2.24) is 4.98 Å². The molecule has 1 aliphatic carbocycles. The molecule has 2 unspecified atom stereocenters. The summed E-state index contributed by atoms with van der Waals surface area (Å²) >= 11 is 0. The molecule has 0 spiro atoms. The quantitative estimate of drug-likeness (QED) is 0.888. The minimum Gasteiger partial charge on any atom is -0.392 e. The van der Waals surface area contributed by atoms with Crippen LogP contribution in [0.25, 0.3) is 0 Å². The van der Waals surface area contributed by atoms with E-state index in [1.54, 1.807) is 0 Å². The van der Waals surface area contributed by atoms with Crippen molar-refractivity contribution in [3.8, 4) is 0 Å². The fourth-order valence-electron chi connectivity index (χ4n) is 3.81. The van der Waals surface area contributed by atoms with Crippen molar-refractivity contribution in [1.29, 1.82) is 0 Å². The smallest absolute Gasteiger partial charge is 0.129 e. The third kappa shape index (κ3) is 2.48. The van der Waals surface area contributed by atoms with Gasteiger partial charge in [-0.3, -0.25) is 0 Å². The first-order valence-electron chi connectivity index (χ1n) is 7.63. The number of aliphatic hydroxyl groups is 1. The van der Waals surface area contributed by atoms with Gasteiger partial charge in [0.25, 0.3) is 0 Å². The summed E-state index contributed by atoms with van der Waals surface area (Å²) in [5.74, 6) is 1.99. The van der Waals surface area contributed by atoms with Crippen molar-refractivity contribution in [2.45, 2.75) is 58.1 Å². The average molecular weight is 260 g/mol. The number of anilines is 1. The van der Waals surface area contributed by atoms with Gasteiger partial charge in [-0.05, 0) is 50.2 Å². The summed E-state index contributed by atoms with van der Waals surface area (Å²) in [6, 6.07) is 4.83. The third-order valence-corrected chi connectivity index (χ3v) is 4.89. The van der Waals surface area contributed by atoms with Crippen LogP contribution in [0.4, 0.5) is 5.82 Å². The molecule has 0 amide bonds. The minimum absolute atomic E-state index is 0.0885. The molecule has 3 nitrogen and oxygen atoms in total. The summed E-state index contributed by atoms with van der Waals surface area (Å²) in [7, 11) is 0. The molecule has 3 heteroatoms. The lowest BCUT2D eigenvalue weighted by Crippen LogP contribution is -2.47. The van der Waals surface area contributed by atoms with E-state index in [1.165, 1.54) is 38.5 Å². The highest BCUT2D eigenvalue weighted by Crippen LogP contribution is 2.37. The molecular formula is C16H24N2O. The Morgan fingerprint density at radius 1 is 1.21 bits per heavy atom. The molecule has 1 N–H and O–H groups in total. The first-order valence-corrected chi connectivity index (χ1v) is 7.63. The SMILES string of the molecule is Cc1nc(N2CCCC3CCCCC32)ccc1CO. The molecule has 1 aliphatic heterocycles. The summed E-state index contributed by atoms with van der Waals surface area (Å²) in [5, 5.41) is 9.25. The van der Waals surface area contributed by atoms with Crippen LogP contribution in [0.1, 0.15) is 49.8 Å². The van der Waals surface area contributed by atoms with Crippen molar-refractivity contribution in [3.05, 3.63) is 23.4 Å². The Hall–Kier alpha value is -1.09. The third-order valence-electron chi connectivity index (χ3n) is 4.89. The maximum absolute atomic E-state index is 9.25. The summed E-state index contributed by atoms with van der Waals surface area (Å²) in [5.41, 5.74) is 1.92. The van der Waals surface area contributed by atoms with Crippen LogP contribution in [-0.2, 0) is 6.61 Å². The highest BCUT2D eigenvalue weighted by Gasteiger charge is 2.33. The normalized spacial score (nSPS) is 27.2. The summed E-state index contributed by atoms with van der Waals surface area (Å²) < 4.78 is 0. The molecule has 2 heterocycles.